The van der Waals surface area contributed by atoms with E-state index >= 15 is 0 Å². The van der Waals surface area contributed by atoms with Gasteiger partial charge >= 0.3 is 0 Å². The number of hydrogen-bond donors (Lipinski definition) is 1. The third-order valence-corrected chi connectivity index (χ3v) is 2.81. The van der Waals surface area contributed by atoms with Gasteiger partial charge in [-0.15, -0.1) is 0 Å². The summed E-state index contributed by atoms with van der Waals surface area (Å²) < 4.78 is 5.27. The average molecular weight is 293 g/mol. The molecule has 1 amide bonds. The third kappa shape index (κ3) is 4.76. The van der Waals surface area contributed by atoms with E-state index in [0.29, 0.717) is 11.3 Å². The molecule has 110 valence electrons. The molecule has 0 atom stereocenters. The second kappa shape index (κ2) is 8.22. The maximum absolute atomic E-state index is 11.8. The zero-order valence-electron chi connectivity index (χ0n) is 11.9. The number of carbonyl (C=O) groups is 1. The van der Waals surface area contributed by atoms with Crippen LogP contribution in [0.1, 0.15) is 11.1 Å². The van der Waals surface area contributed by atoms with Crippen LogP contribution in [0.25, 0.3) is 0 Å². The number of amides is 1. The van der Waals surface area contributed by atoms with Crippen molar-refractivity contribution in [3.05, 3.63) is 65.7 Å². The highest BCUT2D eigenvalue weighted by atomic mass is 16.5. The highest BCUT2D eigenvalue weighted by molar-refractivity contribution is 5.85. The first-order valence-corrected chi connectivity index (χ1v) is 6.74. The first kappa shape index (κ1) is 15.3. The number of nitriles is 1. The minimum absolute atomic E-state index is 0.0365. The second-order valence-corrected chi connectivity index (χ2v) is 4.44. The largest absolute Gasteiger partial charge is 0.478 e. The monoisotopic (exact) mass is 293 g/mol. The van der Waals surface area contributed by atoms with Crippen molar-refractivity contribution >= 4 is 12.1 Å². The van der Waals surface area contributed by atoms with E-state index in [1.165, 1.54) is 6.21 Å². The molecule has 0 aromatic heterocycles. The van der Waals surface area contributed by atoms with Crippen LogP contribution in [0.2, 0.25) is 0 Å². The number of benzene rings is 2. The molecule has 0 spiro atoms. The molecular formula is C17H15N3O2. The Morgan fingerprint density at radius 3 is 2.68 bits per heavy atom. The summed E-state index contributed by atoms with van der Waals surface area (Å²) in [7, 11) is 0. The maximum Gasteiger partial charge on any atom is 0.244 e. The van der Waals surface area contributed by atoms with Gasteiger partial charge in [0.05, 0.1) is 12.6 Å². The standard InChI is InChI=1S/C17H15N3O2/c18-10-11-22-16-9-5-4-8-15(16)13-19-20-17(21)12-14-6-2-1-3-7-14/h1-9,13H,11-12H2,(H,20,21)/b19-13-. The van der Waals surface area contributed by atoms with Gasteiger partial charge in [0.25, 0.3) is 0 Å². The van der Waals surface area contributed by atoms with Crippen molar-refractivity contribution in [1.29, 1.82) is 5.26 Å². The summed E-state index contributed by atoms with van der Waals surface area (Å²) in [4.78, 5) is 11.8. The highest BCUT2D eigenvalue weighted by Gasteiger charge is 2.02. The maximum atomic E-state index is 11.8. The quantitative estimate of drug-likeness (QED) is 0.656. The van der Waals surface area contributed by atoms with E-state index in [9.17, 15) is 4.79 Å². The number of ether oxygens (including phenoxy) is 1. The molecule has 0 saturated carbocycles. The summed E-state index contributed by atoms with van der Waals surface area (Å²) in [6, 6.07) is 18.5. The smallest absolute Gasteiger partial charge is 0.244 e. The Kier molecular flexibility index (Phi) is 5.70. The number of nitrogens with zero attached hydrogens (tertiary/aromatic N) is 2. The van der Waals surface area contributed by atoms with E-state index in [4.69, 9.17) is 10.00 Å². The minimum atomic E-state index is -0.196. The van der Waals surface area contributed by atoms with Crippen LogP contribution in [0.15, 0.2) is 59.7 Å². The topological polar surface area (TPSA) is 74.5 Å². The second-order valence-electron chi connectivity index (χ2n) is 4.44. The molecule has 0 bridgehead atoms. The van der Waals surface area contributed by atoms with Gasteiger partial charge in [-0.2, -0.15) is 10.4 Å². The van der Waals surface area contributed by atoms with Gasteiger partial charge in [0.2, 0.25) is 5.91 Å². The van der Waals surface area contributed by atoms with Crippen LogP contribution in [-0.4, -0.2) is 18.7 Å². The average Bonchev–Trinajstić information content (AvgIpc) is 2.55. The molecule has 0 aliphatic heterocycles. The SMILES string of the molecule is N#CCOc1ccccc1/C=N\NC(=O)Cc1ccccc1. The van der Waals surface area contributed by atoms with Gasteiger partial charge < -0.3 is 4.74 Å². The number of para-hydroxylation sites is 1. The van der Waals surface area contributed by atoms with Crippen LogP contribution in [0.5, 0.6) is 5.75 Å². The lowest BCUT2D eigenvalue weighted by Crippen LogP contribution is -2.19. The predicted octanol–water partition coefficient (Wildman–Crippen LogP) is 2.28. The van der Waals surface area contributed by atoms with Crippen LogP contribution in [0.4, 0.5) is 0 Å². The van der Waals surface area contributed by atoms with Gasteiger partial charge in [0.15, 0.2) is 6.61 Å². The third-order valence-electron chi connectivity index (χ3n) is 2.81. The zero-order chi connectivity index (χ0) is 15.6. The van der Waals surface area contributed by atoms with Crippen molar-refractivity contribution in [2.75, 3.05) is 6.61 Å². The highest BCUT2D eigenvalue weighted by Crippen LogP contribution is 2.15. The van der Waals surface area contributed by atoms with Gasteiger partial charge in [-0.1, -0.05) is 42.5 Å². The summed E-state index contributed by atoms with van der Waals surface area (Å²) in [6.07, 6.45) is 1.76. The number of carbonyl (C=O) groups excluding carboxylic acids is 1. The molecule has 2 aromatic rings. The van der Waals surface area contributed by atoms with Crippen molar-refractivity contribution < 1.29 is 9.53 Å². The lowest BCUT2D eigenvalue weighted by Gasteiger charge is -2.05. The van der Waals surface area contributed by atoms with E-state index < -0.39 is 0 Å². The van der Waals surface area contributed by atoms with Crippen molar-refractivity contribution in [1.82, 2.24) is 5.43 Å². The molecule has 0 fully saturated rings. The first-order valence-electron chi connectivity index (χ1n) is 6.74. The van der Waals surface area contributed by atoms with Crippen LogP contribution in [-0.2, 0) is 11.2 Å². The zero-order valence-corrected chi connectivity index (χ0v) is 11.9. The molecule has 0 saturated heterocycles. The number of rotatable bonds is 6. The Labute approximate surface area is 128 Å². The Morgan fingerprint density at radius 2 is 1.91 bits per heavy atom. The van der Waals surface area contributed by atoms with Crippen LogP contribution in [0.3, 0.4) is 0 Å². The summed E-state index contributed by atoms with van der Waals surface area (Å²) in [5.74, 6) is 0.350. The summed E-state index contributed by atoms with van der Waals surface area (Å²) in [5.41, 5.74) is 4.09. The van der Waals surface area contributed by atoms with Crippen molar-refractivity contribution in [3.63, 3.8) is 0 Å². The van der Waals surface area contributed by atoms with E-state index in [1.54, 1.807) is 18.2 Å². The lowest BCUT2D eigenvalue weighted by molar-refractivity contribution is -0.120. The van der Waals surface area contributed by atoms with Gasteiger partial charge in [-0.25, -0.2) is 5.43 Å². The fourth-order valence-corrected chi connectivity index (χ4v) is 1.82. The molecule has 0 aliphatic rings. The van der Waals surface area contributed by atoms with E-state index in [1.807, 2.05) is 42.5 Å². The number of hydrogen-bond acceptors (Lipinski definition) is 4. The molecule has 2 aromatic carbocycles. The van der Waals surface area contributed by atoms with Crippen molar-refractivity contribution in [2.24, 2.45) is 5.10 Å². The summed E-state index contributed by atoms with van der Waals surface area (Å²) >= 11 is 0. The fourth-order valence-electron chi connectivity index (χ4n) is 1.82. The van der Waals surface area contributed by atoms with Crippen molar-refractivity contribution in [3.8, 4) is 11.8 Å². The van der Waals surface area contributed by atoms with Gasteiger partial charge in [-0.3, -0.25) is 4.79 Å². The van der Waals surface area contributed by atoms with Crippen LogP contribution < -0.4 is 10.2 Å². The fraction of sp³-hybridized carbons (Fsp3) is 0.118. The lowest BCUT2D eigenvalue weighted by atomic mass is 10.1. The molecule has 0 heterocycles. The molecule has 0 unspecified atom stereocenters. The summed E-state index contributed by atoms with van der Waals surface area (Å²) in [6.45, 7) is -0.0365. The minimum Gasteiger partial charge on any atom is -0.478 e. The Bertz CT molecular complexity index is 691. The molecule has 22 heavy (non-hydrogen) atoms. The normalized spacial score (nSPS) is 10.1. The molecule has 2 rings (SSSR count). The van der Waals surface area contributed by atoms with Crippen LogP contribution in [0, 0.1) is 11.3 Å². The van der Waals surface area contributed by atoms with Gasteiger partial charge in [-0.05, 0) is 17.7 Å². The van der Waals surface area contributed by atoms with E-state index in [2.05, 4.69) is 10.5 Å². The number of nitrogens with one attached hydrogen (secondary N) is 1. The van der Waals surface area contributed by atoms with Crippen LogP contribution >= 0.6 is 0 Å². The number of hydrazone groups is 1. The Morgan fingerprint density at radius 1 is 1.18 bits per heavy atom. The van der Waals surface area contributed by atoms with E-state index in [0.717, 1.165) is 5.56 Å². The Hall–Kier alpha value is -3.13. The van der Waals surface area contributed by atoms with E-state index in [-0.39, 0.29) is 18.9 Å². The molecule has 0 radical (unpaired) electrons. The molecule has 5 heteroatoms. The molecule has 1 N–H and O–H groups in total. The first-order chi connectivity index (χ1) is 10.8. The predicted molar refractivity (Wildman–Crippen MR) is 83.4 cm³/mol. The molecular weight excluding hydrogens is 278 g/mol. The van der Waals surface area contributed by atoms with Gasteiger partial charge in [0, 0.05) is 5.56 Å². The molecule has 5 nitrogen and oxygen atoms in total. The summed E-state index contributed by atoms with van der Waals surface area (Å²) in [5, 5.41) is 12.5. The van der Waals surface area contributed by atoms with Crippen molar-refractivity contribution in [2.45, 2.75) is 6.42 Å². The molecule has 0 aliphatic carbocycles. The Balaban J connectivity index is 1.92. The van der Waals surface area contributed by atoms with Gasteiger partial charge in [0.1, 0.15) is 11.8 Å².